The molecule has 0 radical (unpaired) electrons. The van der Waals surface area contributed by atoms with E-state index in [1.54, 1.807) is 19.1 Å². The first-order valence-corrected chi connectivity index (χ1v) is 6.78. The van der Waals surface area contributed by atoms with Gasteiger partial charge >= 0.3 is 0 Å². The van der Waals surface area contributed by atoms with E-state index in [0.29, 0.717) is 5.56 Å². The maximum atomic E-state index is 12.2. The molecule has 0 aromatic carbocycles. The van der Waals surface area contributed by atoms with Crippen LogP contribution in [-0.2, 0) is 4.79 Å². The lowest BCUT2D eigenvalue weighted by Crippen LogP contribution is -2.45. The molecule has 6 nitrogen and oxygen atoms in total. The molecule has 1 heterocycles. The van der Waals surface area contributed by atoms with Gasteiger partial charge in [-0.3, -0.25) is 9.59 Å². The van der Waals surface area contributed by atoms with Gasteiger partial charge in [0.25, 0.3) is 5.91 Å². The number of carbonyl (C=O) groups is 2. The molecule has 2 amide bonds. The van der Waals surface area contributed by atoms with Crippen molar-refractivity contribution in [2.75, 3.05) is 6.61 Å². The van der Waals surface area contributed by atoms with E-state index < -0.39 is 11.9 Å². The van der Waals surface area contributed by atoms with Crippen LogP contribution in [0.4, 0.5) is 0 Å². The van der Waals surface area contributed by atoms with Gasteiger partial charge in [0.05, 0.1) is 5.56 Å². The molecule has 1 fully saturated rings. The van der Waals surface area contributed by atoms with Gasteiger partial charge in [0.2, 0.25) is 5.91 Å². The van der Waals surface area contributed by atoms with Crippen molar-refractivity contribution in [1.82, 2.24) is 15.6 Å². The van der Waals surface area contributed by atoms with Crippen LogP contribution in [0.3, 0.4) is 0 Å². The number of amides is 2. The Morgan fingerprint density at radius 2 is 2.29 bits per heavy atom. The van der Waals surface area contributed by atoms with E-state index in [-0.39, 0.29) is 24.2 Å². The molecule has 1 unspecified atom stereocenters. The molecule has 0 spiro atoms. The second-order valence-electron chi connectivity index (χ2n) is 4.84. The summed E-state index contributed by atoms with van der Waals surface area (Å²) in [7, 11) is 0. The second-order valence-corrected chi connectivity index (χ2v) is 4.84. The van der Waals surface area contributed by atoms with Gasteiger partial charge in [-0.25, -0.2) is 4.98 Å². The maximum Gasteiger partial charge on any atom is 0.271 e. The van der Waals surface area contributed by atoms with Crippen molar-refractivity contribution < 1.29 is 14.7 Å². The van der Waals surface area contributed by atoms with Crippen molar-refractivity contribution in [2.45, 2.75) is 31.8 Å². The first-order valence-electron chi connectivity index (χ1n) is 6.78. The van der Waals surface area contributed by atoms with Gasteiger partial charge in [0.15, 0.2) is 0 Å². The summed E-state index contributed by atoms with van der Waals surface area (Å²) in [4.78, 5) is 28.0. The van der Waals surface area contributed by atoms with Crippen molar-refractivity contribution in [3.63, 3.8) is 0 Å². The molecule has 0 saturated heterocycles. The minimum absolute atomic E-state index is 0.143. The zero-order valence-corrected chi connectivity index (χ0v) is 11.7. The molecular formula is C15H17N3O3. The largest absolute Gasteiger partial charge is 0.384 e. The van der Waals surface area contributed by atoms with Gasteiger partial charge in [-0.2, -0.15) is 0 Å². The number of hydrogen-bond acceptors (Lipinski definition) is 4. The van der Waals surface area contributed by atoms with Crippen LogP contribution in [0.25, 0.3) is 0 Å². The number of aliphatic hydroxyl groups excluding tert-OH is 1. The average Bonchev–Trinajstić information content (AvgIpc) is 3.29. The summed E-state index contributed by atoms with van der Waals surface area (Å²) < 4.78 is 0. The van der Waals surface area contributed by atoms with Crippen LogP contribution < -0.4 is 10.6 Å². The molecule has 1 aliphatic carbocycles. The third-order valence-corrected chi connectivity index (χ3v) is 2.99. The number of carbonyl (C=O) groups excluding carboxylic acids is 2. The predicted molar refractivity (Wildman–Crippen MR) is 76.3 cm³/mol. The van der Waals surface area contributed by atoms with E-state index in [1.807, 2.05) is 0 Å². The standard InChI is InChI=1S/C15H17N3O3/c1-10(14(20)18-12-6-7-12)17-15(21)13-11(5-3-9-19)4-2-8-16-13/h2,4,8,10,12,19H,6-7,9H2,1H3,(H,17,21)(H,18,20). The van der Waals surface area contributed by atoms with Crippen LogP contribution >= 0.6 is 0 Å². The highest BCUT2D eigenvalue weighted by Gasteiger charge is 2.26. The van der Waals surface area contributed by atoms with Gasteiger partial charge in [-0.05, 0) is 31.9 Å². The van der Waals surface area contributed by atoms with E-state index in [2.05, 4.69) is 27.5 Å². The molecule has 2 rings (SSSR count). The highest BCUT2D eigenvalue weighted by Crippen LogP contribution is 2.18. The summed E-state index contributed by atoms with van der Waals surface area (Å²) >= 11 is 0. The summed E-state index contributed by atoms with van der Waals surface area (Å²) in [5.74, 6) is 4.48. The van der Waals surface area contributed by atoms with E-state index in [4.69, 9.17) is 5.11 Å². The Hall–Kier alpha value is -2.39. The number of rotatable bonds is 4. The van der Waals surface area contributed by atoms with Crippen LogP contribution in [0.1, 0.15) is 35.8 Å². The van der Waals surface area contributed by atoms with Gasteiger partial charge in [-0.15, -0.1) is 0 Å². The first-order chi connectivity index (χ1) is 10.1. The Balaban J connectivity index is 2.03. The third-order valence-electron chi connectivity index (χ3n) is 2.99. The van der Waals surface area contributed by atoms with Crippen LogP contribution in [0.15, 0.2) is 18.3 Å². The van der Waals surface area contributed by atoms with Gasteiger partial charge in [0.1, 0.15) is 18.3 Å². The normalized spacial score (nSPS) is 14.6. The Kier molecular flexibility index (Phi) is 4.90. The topological polar surface area (TPSA) is 91.3 Å². The van der Waals surface area contributed by atoms with Crippen molar-refractivity contribution >= 4 is 11.8 Å². The summed E-state index contributed by atoms with van der Waals surface area (Å²) in [6, 6.07) is 2.90. The van der Waals surface area contributed by atoms with E-state index in [9.17, 15) is 9.59 Å². The van der Waals surface area contributed by atoms with Crippen molar-refractivity contribution in [3.8, 4) is 11.8 Å². The smallest absolute Gasteiger partial charge is 0.271 e. The number of nitrogens with zero attached hydrogens (tertiary/aromatic N) is 1. The maximum absolute atomic E-state index is 12.2. The van der Waals surface area contributed by atoms with Crippen LogP contribution in [0.2, 0.25) is 0 Å². The zero-order valence-electron chi connectivity index (χ0n) is 11.7. The van der Waals surface area contributed by atoms with Gasteiger partial charge in [0, 0.05) is 12.2 Å². The van der Waals surface area contributed by atoms with E-state index in [0.717, 1.165) is 12.8 Å². The Bertz CT molecular complexity index is 600. The minimum atomic E-state index is -0.640. The molecule has 21 heavy (non-hydrogen) atoms. The monoisotopic (exact) mass is 287 g/mol. The quantitative estimate of drug-likeness (QED) is 0.670. The molecule has 0 bridgehead atoms. The molecular weight excluding hydrogens is 270 g/mol. The third kappa shape index (κ3) is 4.29. The van der Waals surface area contributed by atoms with Gasteiger partial charge < -0.3 is 15.7 Å². The molecule has 3 N–H and O–H groups in total. The Morgan fingerprint density at radius 1 is 1.52 bits per heavy atom. The lowest BCUT2D eigenvalue weighted by molar-refractivity contribution is -0.122. The molecule has 110 valence electrons. The molecule has 6 heteroatoms. The highest BCUT2D eigenvalue weighted by atomic mass is 16.2. The summed E-state index contributed by atoms with van der Waals surface area (Å²) in [6.45, 7) is 1.33. The number of hydrogen-bond donors (Lipinski definition) is 3. The molecule has 1 aromatic heterocycles. The number of aromatic nitrogens is 1. The molecule has 1 saturated carbocycles. The fourth-order valence-electron chi connectivity index (χ4n) is 1.71. The van der Waals surface area contributed by atoms with Gasteiger partial charge in [-0.1, -0.05) is 11.8 Å². The van der Waals surface area contributed by atoms with Crippen LogP contribution in [0.5, 0.6) is 0 Å². The van der Waals surface area contributed by atoms with Crippen molar-refractivity contribution in [2.24, 2.45) is 0 Å². The summed E-state index contributed by atoms with van der Waals surface area (Å²) in [5.41, 5.74) is 0.559. The molecule has 1 aromatic rings. The average molecular weight is 287 g/mol. The number of aliphatic hydroxyl groups is 1. The number of nitrogens with one attached hydrogen (secondary N) is 2. The Labute approximate surface area is 123 Å². The lowest BCUT2D eigenvalue weighted by atomic mass is 10.1. The van der Waals surface area contributed by atoms with Crippen LogP contribution in [0, 0.1) is 11.8 Å². The molecule has 1 atom stereocenters. The SMILES string of the molecule is CC(NC(=O)c1ncccc1C#CCO)C(=O)NC1CC1. The molecule has 0 aliphatic heterocycles. The predicted octanol–water partition coefficient (Wildman–Crippen LogP) is -0.178. The fourth-order valence-corrected chi connectivity index (χ4v) is 1.71. The second kappa shape index (κ2) is 6.86. The summed E-state index contributed by atoms with van der Waals surface area (Å²) in [5, 5.41) is 14.1. The van der Waals surface area contributed by atoms with E-state index in [1.165, 1.54) is 6.20 Å². The zero-order chi connectivity index (χ0) is 15.2. The Morgan fingerprint density at radius 3 is 2.95 bits per heavy atom. The van der Waals surface area contributed by atoms with Crippen LogP contribution in [-0.4, -0.2) is 40.6 Å². The minimum Gasteiger partial charge on any atom is -0.384 e. The van der Waals surface area contributed by atoms with Crippen molar-refractivity contribution in [1.29, 1.82) is 0 Å². The number of pyridine rings is 1. The summed E-state index contributed by atoms with van der Waals surface area (Å²) in [6.07, 6.45) is 3.47. The fraction of sp³-hybridized carbons (Fsp3) is 0.400. The molecule has 1 aliphatic rings. The van der Waals surface area contributed by atoms with E-state index >= 15 is 0 Å². The van der Waals surface area contributed by atoms with Crippen molar-refractivity contribution in [3.05, 3.63) is 29.6 Å². The first kappa shape index (κ1) is 15.0. The highest BCUT2D eigenvalue weighted by molar-refractivity contribution is 5.97. The lowest BCUT2D eigenvalue weighted by Gasteiger charge is -2.14.